The Morgan fingerprint density at radius 2 is 1.34 bits per heavy atom. The van der Waals surface area contributed by atoms with Crippen LogP contribution in [0.2, 0.25) is 0 Å². The van der Waals surface area contributed by atoms with Gasteiger partial charge in [0.1, 0.15) is 6.54 Å². The summed E-state index contributed by atoms with van der Waals surface area (Å²) in [4.78, 5) is 2.51. The first-order chi connectivity index (χ1) is 25.6. The van der Waals surface area contributed by atoms with Gasteiger partial charge in [-0.15, -0.1) is 0 Å². The first kappa shape index (κ1) is 36.6. The number of rotatable bonds is 11. The van der Waals surface area contributed by atoms with Gasteiger partial charge in [-0.05, 0) is 117 Å². The standard InChI is InChI=1S/C48H54ClN4/c1-7-30-52-42-26-24-38(50-36-18-11-9-12-19-36)32-40(42)47(3,4)44(52)28-22-34-16-15-17-35(46(34)49)23-29-45-48(5,6)41-33-39(51-37-20-13-10-14-21-37)25-27-43(41)53(45)31-8-2/h9-14,18-29,32-33,50-51H,7-8,15-17,30-31H2,1-6H3/q+1. The molecule has 1 aliphatic carbocycles. The molecule has 2 aliphatic heterocycles. The van der Waals surface area contributed by atoms with Crippen LogP contribution in [0.25, 0.3) is 0 Å². The molecule has 0 amide bonds. The zero-order valence-corrected chi connectivity index (χ0v) is 33.0. The Kier molecular flexibility index (Phi) is 10.5. The van der Waals surface area contributed by atoms with Crippen LogP contribution >= 0.6 is 11.6 Å². The zero-order chi connectivity index (χ0) is 37.2. The van der Waals surface area contributed by atoms with Crippen LogP contribution in [-0.2, 0) is 10.8 Å². The highest BCUT2D eigenvalue weighted by molar-refractivity contribution is 6.32. The highest BCUT2D eigenvalue weighted by Crippen LogP contribution is 2.49. The van der Waals surface area contributed by atoms with E-state index in [1.54, 1.807) is 0 Å². The minimum Gasteiger partial charge on any atom is -0.356 e. The Hall–Kier alpha value is -4.80. The third-order valence-electron chi connectivity index (χ3n) is 11.1. The minimum absolute atomic E-state index is 0.150. The highest BCUT2D eigenvalue weighted by atomic mass is 35.5. The third-order valence-corrected chi connectivity index (χ3v) is 11.6. The SMILES string of the molecule is CCCN1C(=CC=C2CCCC(C=CC3=[N+](CCC)c4ccc(Nc5ccccc5)cc4C3(C)C)=C2Cl)C(C)(C)c2cc(Nc3ccccc3)ccc21. The van der Waals surface area contributed by atoms with Crippen molar-refractivity contribution in [3.8, 4) is 0 Å². The Labute approximate surface area is 322 Å². The molecule has 0 fully saturated rings. The van der Waals surface area contributed by atoms with Crippen molar-refractivity contribution in [3.05, 3.63) is 154 Å². The number of hydrogen-bond acceptors (Lipinski definition) is 3. The molecule has 0 bridgehead atoms. The van der Waals surface area contributed by atoms with Crippen molar-refractivity contribution < 1.29 is 4.58 Å². The Morgan fingerprint density at radius 3 is 1.98 bits per heavy atom. The van der Waals surface area contributed by atoms with E-state index >= 15 is 0 Å². The van der Waals surface area contributed by atoms with E-state index in [0.717, 1.165) is 73.0 Å². The van der Waals surface area contributed by atoms with Gasteiger partial charge in [0.2, 0.25) is 5.69 Å². The lowest BCUT2D eigenvalue weighted by Crippen LogP contribution is -2.28. The van der Waals surface area contributed by atoms with Crippen LogP contribution < -0.4 is 15.5 Å². The summed E-state index contributed by atoms with van der Waals surface area (Å²) in [5.41, 5.74) is 14.5. The molecule has 2 N–H and O–H groups in total. The zero-order valence-electron chi connectivity index (χ0n) is 32.3. The van der Waals surface area contributed by atoms with Crippen LogP contribution in [0.15, 0.2) is 143 Å². The number of hydrogen-bond donors (Lipinski definition) is 2. The number of fused-ring (bicyclic) bond motifs is 2. The molecule has 53 heavy (non-hydrogen) atoms. The van der Waals surface area contributed by atoms with Crippen molar-refractivity contribution in [1.29, 1.82) is 0 Å². The van der Waals surface area contributed by atoms with E-state index < -0.39 is 0 Å². The maximum atomic E-state index is 7.31. The summed E-state index contributed by atoms with van der Waals surface area (Å²) in [6.45, 7) is 15.9. The second-order valence-corrected chi connectivity index (χ2v) is 16.0. The molecule has 0 aromatic heterocycles. The molecule has 4 aromatic carbocycles. The van der Waals surface area contributed by atoms with Gasteiger partial charge in [-0.25, -0.2) is 0 Å². The topological polar surface area (TPSA) is 30.3 Å². The van der Waals surface area contributed by atoms with Crippen LogP contribution in [0, 0.1) is 0 Å². The van der Waals surface area contributed by atoms with Gasteiger partial charge in [-0.2, -0.15) is 4.58 Å². The van der Waals surface area contributed by atoms with Crippen LogP contribution in [0.1, 0.15) is 84.8 Å². The number of nitrogens with zero attached hydrogens (tertiary/aromatic N) is 2. The average molecular weight is 722 g/mol. The monoisotopic (exact) mass is 721 g/mol. The molecule has 3 aliphatic rings. The Morgan fingerprint density at radius 1 is 0.698 bits per heavy atom. The normalized spacial score (nSPS) is 19.0. The number of allylic oxidation sites excluding steroid dienone is 8. The van der Waals surface area contributed by atoms with Crippen LogP contribution in [-0.4, -0.2) is 23.4 Å². The van der Waals surface area contributed by atoms with Gasteiger partial charge in [0.25, 0.3) is 0 Å². The summed E-state index contributed by atoms with van der Waals surface area (Å²) in [5, 5.41) is 8.11. The fourth-order valence-corrected chi connectivity index (χ4v) is 8.69. The molecule has 0 unspecified atom stereocenters. The molecular formula is C48H54ClN4+. The van der Waals surface area contributed by atoms with Crippen molar-refractivity contribution in [2.45, 2.75) is 84.5 Å². The molecule has 2 heterocycles. The number of nitrogens with one attached hydrogen (secondary N) is 2. The lowest BCUT2D eigenvalue weighted by molar-refractivity contribution is -0.437. The second-order valence-electron chi connectivity index (χ2n) is 15.7. The first-order valence-corrected chi connectivity index (χ1v) is 19.8. The van der Waals surface area contributed by atoms with Crippen LogP contribution in [0.5, 0.6) is 0 Å². The summed E-state index contributed by atoms with van der Waals surface area (Å²) in [6.07, 6.45) is 14.5. The van der Waals surface area contributed by atoms with Gasteiger partial charge >= 0.3 is 0 Å². The van der Waals surface area contributed by atoms with E-state index in [9.17, 15) is 0 Å². The van der Waals surface area contributed by atoms with E-state index in [1.807, 2.05) is 12.1 Å². The maximum Gasteiger partial charge on any atom is 0.209 e. The molecule has 0 spiro atoms. The Balaban J connectivity index is 1.17. The molecule has 4 aromatic rings. The molecule has 4 nitrogen and oxygen atoms in total. The molecule has 7 rings (SSSR count). The molecule has 0 saturated carbocycles. The lowest BCUT2D eigenvalue weighted by Gasteiger charge is -2.27. The smallest absolute Gasteiger partial charge is 0.209 e. The van der Waals surface area contributed by atoms with E-state index in [2.05, 4.69) is 171 Å². The number of benzene rings is 4. The molecular weight excluding hydrogens is 668 g/mol. The van der Waals surface area contributed by atoms with E-state index in [1.165, 1.54) is 45.1 Å². The number of para-hydroxylation sites is 2. The second kappa shape index (κ2) is 15.3. The fourth-order valence-electron chi connectivity index (χ4n) is 8.38. The van der Waals surface area contributed by atoms with Crippen molar-refractivity contribution >= 4 is 51.4 Å². The van der Waals surface area contributed by atoms with Crippen molar-refractivity contribution in [2.24, 2.45) is 0 Å². The van der Waals surface area contributed by atoms with Gasteiger partial charge in [-0.1, -0.05) is 87.8 Å². The average Bonchev–Trinajstić information content (AvgIpc) is 3.49. The third kappa shape index (κ3) is 7.27. The van der Waals surface area contributed by atoms with Gasteiger partial charge < -0.3 is 15.5 Å². The van der Waals surface area contributed by atoms with Crippen molar-refractivity contribution in [2.75, 3.05) is 28.6 Å². The first-order valence-electron chi connectivity index (χ1n) is 19.5. The van der Waals surface area contributed by atoms with Gasteiger partial charge in [0.05, 0.1) is 5.41 Å². The summed E-state index contributed by atoms with van der Waals surface area (Å²) in [5.74, 6) is 0. The number of anilines is 5. The van der Waals surface area contributed by atoms with Gasteiger partial charge in [0, 0.05) is 75.3 Å². The van der Waals surface area contributed by atoms with E-state index in [-0.39, 0.29) is 10.8 Å². The van der Waals surface area contributed by atoms with E-state index in [0.29, 0.717) is 0 Å². The van der Waals surface area contributed by atoms with Gasteiger partial charge in [-0.3, -0.25) is 0 Å². The molecule has 0 atom stereocenters. The Bertz CT molecular complexity index is 2130. The fraction of sp³-hybridized carbons (Fsp3) is 0.312. The summed E-state index contributed by atoms with van der Waals surface area (Å²) in [6, 6.07) is 34.4. The van der Waals surface area contributed by atoms with Crippen molar-refractivity contribution in [3.63, 3.8) is 0 Å². The molecule has 0 radical (unpaired) electrons. The van der Waals surface area contributed by atoms with Crippen molar-refractivity contribution in [1.82, 2.24) is 0 Å². The summed E-state index contributed by atoms with van der Waals surface area (Å²) < 4.78 is 2.51. The summed E-state index contributed by atoms with van der Waals surface area (Å²) in [7, 11) is 0. The number of halogens is 1. The summed E-state index contributed by atoms with van der Waals surface area (Å²) >= 11 is 7.31. The van der Waals surface area contributed by atoms with Crippen LogP contribution in [0.3, 0.4) is 0 Å². The van der Waals surface area contributed by atoms with E-state index in [4.69, 9.17) is 11.6 Å². The quantitative estimate of drug-likeness (QED) is 0.151. The molecule has 5 heteroatoms. The minimum atomic E-state index is -0.150. The highest BCUT2D eigenvalue weighted by Gasteiger charge is 2.44. The largest absolute Gasteiger partial charge is 0.356 e. The maximum absolute atomic E-state index is 7.31. The molecule has 0 saturated heterocycles. The predicted octanol–water partition coefficient (Wildman–Crippen LogP) is 13.2. The molecule has 272 valence electrons. The lowest BCUT2D eigenvalue weighted by atomic mass is 9.81. The van der Waals surface area contributed by atoms with Crippen LogP contribution in [0.4, 0.5) is 34.1 Å². The van der Waals surface area contributed by atoms with Gasteiger partial charge in [0.15, 0.2) is 5.71 Å². The predicted molar refractivity (Wildman–Crippen MR) is 228 cm³/mol.